The molecule has 4 rings (SSSR count). The maximum atomic E-state index is 12.9. The zero-order valence-corrected chi connectivity index (χ0v) is 18.2. The summed E-state index contributed by atoms with van der Waals surface area (Å²) in [6.45, 7) is 4.75. The van der Waals surface area contributed by atoms with Crippen molar-refractivity contribution in [1.29, 1.82) is 0 Å². The summed E-state index contributed by atoms with van der Waals surface area (Å²) in [6.07, 6.45) is 0. The molecule has 1 aromatic heterocycles. The summed E-state index contributed by atoms with van der Waals surface area (Å²) >= 11 is 1.34. The standard InChI is InChI=1S/C22H23N3O5S/c1-12(2)19(24-20(26)13-4-6-14(28-3)7-5-13)21(27)25-22-23-15-10-16-17(11-18(15)31-22)30-9-8-29-16/h4-7,10-12,19H,8-9H2,1-3H3,(H,24,26)(H,23,25,27)/t19-/m1/s1. The monoisotopic (exact) mass is 441 g/mol. The van der Waals surface area contributed by atoms with Crippen molar-refractivity contribution in [3.8, 4) is 17.2 Å². The Balaban J connectivity index is 1.48. The minimum Gasteiger partial charge on any atom is -0.497 e. The Morgan fingerprint density at radius 3 is 2.42 bits per heavy atom. The number of carbonyl (C=O) groups excluding carboxylic acids is 2. The summed E-state index contributed by atoms with van der Waals surface area (Å²) in [5.41, 5.74) is 1.16. The first kappa shape index (κ1) is 20.9. The summed E-state index contributed by atoms with van der Waals surface area (Å²) in [7, 11) is 1.56. The number of benzene rings is 2. The van der Waals surface area contributed by atoms with Crippen molar-refractivity contribution >= 4 is 38.5 Å². The van der Waals surface area contributed by atoms with Crippen molar-refractivity contribution in [2.75, 3.05) is 25.6 Å². The molecule has 0 radical (unpaired) electrons. The van der Waals surface area contributed by atoms with E-state index in [2.05, 4.69) is 15.6 Å². The van der Waals surface area contributed by atoms with Gasteiger partial charge in [0.1, 0.15) is 25.0 Å². The number of methoxy groups -OCH3 is 1. The lowest BCUT2D eigenvalue weighted by Crippen LogP contribution is -2.47. The molecule has 0 unspecified atom stereocenters. The first-order valence-electron chi connectivity index (χ1n) is 9.90. The molecule has 0 fully saturated rings. The molecule has 3 aromatic rings. The van der Waals surface area contributed by atoms with Crippen molar-refractivity contribution in [2.24, 2.45) is 5.92 Å². The van der Waals surface area contributed by atoms with Gasteiger partial charge in [-0.2, -0.15) is 0 Å². The Morgan fingerprint density at radius 2 is 1.77 bits per heavy atom. The summed E-state index contributed by atoms with van der Waals surface area (Å²) in [4.78, 5) is 30.0. The number of aromatic nitrogens is 1. The molecular formula is C22H23N3O5S. The van der Waals surface area contributed by atoms with E-state index in [1.165, 1.54) is 11.3 Å². The third-order valence-corrected chi connectivity index (χ3v) is 5.80. The fourth-order valence-electron chi connectivity index (χ4n) is 3.20. The van der Waals surface area contributed by atoms with Crippen LogP contribution in [-0.2, 0) is 4.79 Å². The van der Waals surface area contributed by atoms with Gasteiger partial charge in [0.15, 0.2) is 16.6 Å². The SMILES string of the molecule is COc1ccc(C(=O)N[C@@H](C(=O)Nc2nc3cc4c(cc3s2)OCCO4)C(C)C)cc1. The molecule has 162 valence electrons. The number of amides is 2. The molecule has 2 amide bonds. The number of ether oxygens (including phenoxy) is 3. The molecule has 0 spiro atoms. The van der Waals surface area contributed by atoms with Crippen LogP contribution in [0, 0.1) is 5.92 Å². The lowest BCUT2D eigenvalue weighted by molar-refractivity contribution is -0.118. The first-order chi connectivity index (χ1) is 14.9. The van der Waals surface area contributed by atoms with Crippen LogP contribution >= 0.6 is 11.3 Å². The van der Waals surface area contributed by atoms with Gasteiger partial charge in [-0.1, -0.05) is 25.2 Å². The number of nitrogens with zero attached hydrogens (tertiary/aromatic N) is 1. The number of hydrogen-bond acceptors (Lipinski definition) is 7. The maximum absolute atomic E-state index is 12.9. The van der Waals surface area contributed by atoms with Gasteiger partial charge >= 0.3 is 0 Å². The van der Waals surface area contributed by atoms with Crippen molar-refractivity contribution in [3.05, 3.63) is 42.0 Å². The van der Waals surface area contributed by atoms with Crippen LogP contribution in [0.4, 0.5) is 5.13 Å². The van der Waals surface area contributed by atoms with E-state index in [1.54, 1.807) is 37.4 Å². The molecule has 2 heterocycles. The number of carbonyl (C=O) groups is 2. The highest BCUT2D eigenvalue weighted by Crippen LogP contribution is 2.37. The van der Waals surface area contributed by atoms with E-state index in [9.17, 15) is 9.59 Å². The second-order valence-corrected chi connectivity index (χ2v) is 8.43. The molecule has 2 N–H and O–H groups in total. The van der Waals surface area contributed by atoms with Crippen LogP contribution in [0.25, 0.3) is 10.2 Å². The molecule has 8 nitrogen and oxygen atoms in total. The van der Waals surface area contributed by atoms with E-state index >= 15 is 0 Å². The number of nitrogens with one attached hydrogen (secondary N) is 2. The van der Waals surface area contributed by atoms with Gasteiger partial charge in [0.2, 0.25) is 5.91 Å². The van der Waals surface area contributed by atoms with Gasteiger partial charge in [0.05, 0.1) is 17.3 Å². The molecule has 0 aliphatic carbocycles. The third kappa shape index (κ3) is 4.56. The van der Waals surface area contributed by atoms with Crippen LogP contribution in [0.2, 0.25) is 0 Å². The molecule has 0 bridgehead atoms. The number of thiazole rings is 1. The average Bonchev–Trinajstić information content (AvgIpc) is 3.16. The molecule has 1 aliphatic heterocycles. The smallest absolute Gasteiger partial charge is 0.251 e. The minimum absolute atomic E-state index is 0.120. The lowest BCUT2D eigenvalue weighted by Gasteiger charge is -2.21. The Bertz CT molecular complexity index is 1070. The van der Waals surface area contributed by atoms with Crippen LogP contribution in [0.5, 0.6) is 17.2 Å². The largest absolute Gasteiger partial charge is 0.497 e. The van der Waals surface area contributed by atoms with E-state index in [1.807, 2.05) is 19.9 Å². The fourth-order valence-corrected chi connectivity index (χ4v) is 4.08. The van der Waals surface area contributed by atoms with Crippen molar-refractivity contribution < 1.29 is 23.8 Å². The Kier molecular flexibility index (Phi) is 5.94. The number of anilines is 1. The van der Waals surface area contributed by atoms with Gasteiger partial charge < -0.3 is 24.8 Å². The predicted octanol–water partition coefficient (Wildman–Crippen LogP) is 3.47. The average molecular weight is 442 g/mol. The van der Waals surface area contributed by atoms with Crippen molar-refractivity contribution in [3.63, 3.8) is 0 Å². The molecular weight excluding hydrogens is 418 g/mol. The molecule has 1 aliphatic rings. The van der Waals surface area contributed by atoms with Crippen LogP contribution in [0.1, 0.15) is 24.2 Å². The lowest BCUT2D eigenvalue weighted by atomic mass is 10.0. The molecule has 9 heteroatoms. The van der Waals surface area contributed by atoms with E-state index in [0.717, 1.165) is 4.70 Å². The van der Waals surface area contributed by atoms with Gasteiger partial charge in [0, 0.05) is 17.7 Å². The zero-order valence-electron chi connectivity index (χ0n) is 17.4. The van der Waals surface area contributed by atoms with Crippen LogP contribution < -0.4 is 24.8 Å². The topological polar surface area (TPSA) is 98.8 Å². The summed E-state index contributed by atoms with van der Waals surface area (Å²) in [5, 5.41) is 6.10. The Hall–Kier alpha value is -3.33. The molecule has 1 atom stereocenters. The highest BCUT2D eigenvalue weighted by molar-refractivity contribution is 7.22. The van der Waals surface area contributed by atoms with E-state index in [0.29, 0.717) is 46.7 Å². The van der Waals surface area contributed by atoms with E-state index < -0.39 is 6.04 Å². The summed E-state index contributed by atoms with van der Waals surface area (Å²) in [6, 6.07) is 9.66. The van der Waals surface area contributed by atoms with Crippen LogP contribution in [-0.4, -0.2) is 43.2 Å². The van der Waals surface area contributed by atoms with Crippen LogP contribution in [0.15, 0.2) is 36.4 Å². The summed E-state index contributed by atoms with van der Waals surface area (Å²) in [5.74, 6) is 1.20. The maximum Gasteiger partial charge on any atom is 0.251 e. The van der Waals surface area contributed by atoms with Gasteiger partial charge in [-0.15, -0.1) is 0 Å². The molecule has 0 saturated carbocycles. The quantitative estimate of drug-likeness (QED) is 0.608. The zero-order chi connectivity index (χ0) is 22.0. The van der Waals surface area contributed by atoms with Crippen molar-refractivity contribution in [2.45, 2.75) is 19.9 Å². The van der Waals surface area contributed by atoms with Gasteiger partial charge in [-0.05, 0) is 30.2 Å². The van der Waals surface area contributed by atoms with Gasteiger partial charge in [0.25, 0.3) is 5.91 Å². The Morgan fingerprint density at radius 1 is 1.10 bits per heavy atom. The highest BCUT2D eigenvalue weighted by atomic mass is 32.1. The highest BCUT2D eigenvalue weighted by Gasteiger charge is 2.26. The number of fused-ring (bicyclic) bond motifs is 2. The first-order valence-corrected chi connectivity index (χ1v) is 10.7. The second-order valence-electron chi connectivity index (χ2n) is 7.40. The fraction of sp³-hybridized carbons (Fsp3) is 0.318. The van der Waals surface area contributed by atoms with E-state index in [-0.39, 0.29) is 17.7 Å². The number of hydrogen-bond donors (Lipinski definition) is 2. The minimum atomic E-state index is -0.721. The van der Waals surface area contributed by atoms with Crippen molar-refractivity contribution in [1.82, 2.24) is 10.3 Å². The predicted molar refractivity (Wildman–Crippen MR) is 118 cm³/mol. The summed E-state index contributed by atoms with van der Waals surface area (Å²) < 4.78 is 17.2. The normalized spacial score (nSPS) is 13.7. The number of rotatable bonds is 6. The molecule has 31 heavy (non-hydrogen) atoms. The Labute approximate surface area is 183 Å². The van der Waals surface area contributed by atoms with Crippen LogP contribution in [0.3, 0.4) is 0 Å². The van der Waals surface area contributed by atoms with E-state index in [4.69, 9.17) is 14.2 Å². The van der Waals surface area contributed by atoms with Gasteiger partial charge in [-0.3, -0.25) is 9.59 Å². The molecule has 0 saturated heterocycles. The second kappa shape index (κ2) is 8.81. The van der Waals surface area contributed by atoms with Gasteiger partial charge in [-0.25, -0.2) is 4.98 Å². The molecule has 2 aromatic carbocycles. The third-order valence-electron chi connectivity index (χ3n) is 4.87.